The number of halogens is 1. The number of carbonyl (C=O) groups is 2. The standard InChI is InChI=1S/C19H14ClNO4S/c20-14-3-1-2-13(9-14)16(21-24)11-25-15-6-4-12(5-7-15)8-18-17(22)10-19(23)26-18/h1-9,24H,10-11H2/b18-8-,21-16?. The minimum absolute atomic E-state index is 0.0372. The van der Waals surface area contributed by atoms with Crippen LogP contribution in [0.5, 0.6) is 5.75 Å². The molecule has 0 atom stereocenters. The van der Waals surface area contributed by atoms with Crippen molar-refractivity contribution in [1.82, 2.24) is 0 Å². The molecule has 5 nitrogen and oxygen atoms in total. The molecule has 0 unspecified atom stereocenters. The van der Waals surface area contributed by atoms with Crippen LogP contribution in [0.1, 0.15) is 17.5 Å². The lowest BCUT2D eigenvalue weighted by molar-refractivity contribution is -0.119. The van der Waals surface area contributed by atoms with E-state index in [4.69, 9.17) is 16.3 Å². The molecule has 1 fully saturated rings. The van der Waals surface area contributed by atoms with E-state index < -0.39 is 0 Å². The minimum atomic E-state index is -0.148. The normalized spacial score (nSPS) is 16.3. The van der Waals surface area contributed by atoms with Crippen LogP contribution >= 0.6 is 23.4 Å². The number of nitrogens with zero attached hydrogens (tertiary/aromatic N) is 1. The van der Waals surface area contributed by atoms with Gasteiger partial charge in [0.25, 0.3) is 0 Å². The second-order valence-corrected chi connectivity index (χ2v) is 7.03. The third-order valence-corrected chi connectivity index (χ3v) is 4.81. The predicted octanol–water partition coefficient (Wildman–Crippen LogP) is 4.17. The Balaban J connectivity index is 1.65. The Kier molecular flexibility index (Phi) is 5.75. The molecule has 0 radical (unpaired) electrons. The van der Waals surface area contributed by atoms with E-state index in [0.29, 0.717) is 27.0 Å². The number of Topliss-reactive ketones (excluding diaryl/α,β-unsaturated/α-hetero) is 1. The van der Waals surface area contributed by atoms with Crippen molar-refractivity contribution in [3.63, 3.8) is 0 Å². The molecule has 0 aromatic heterocycles. The van der Waals surface area contributed by atoms with Crippen molar-refractivity contribution in [2.75, 3.05) is 6.61 Å². The molecular weight excluding hydrogens is 374 g/mol. The van der Waals surface area contributed by atoms with E-state index in [0.717, 1.165) is 17.3 Å². The molecule has 0 amide bonds. The highest BCUT2D eigenvalue weighted by atomic mass is 35.5. The molecule has 1 saturated heterocycles. The van der Waals surface area contributed by atoms with E-state index in [1.807, 2.05) is 0 Å². The Bertz CT molecular complexity index is 906. The number of carbonyl (C=O) groups excluding carboxylic acids is 2. The zero-order valence-corrected chi connectivity index (χ0v) is 15.1. The van der Waals surface area contributed by atoms with Crippen LogP contribution < -0.4 is 4.74 Å². The van der Waals surface area contributed by atoms with Gasteiger partial charge in [-0.05, 0) is 47.7 Å². The van der Waals surface area contributed by atoms with Crippen LogP contribution in [-0.4, -0.2) is 28.4 Å². The summed E-state index contributed by atoms with van der Waals surface area (Å²) in [5.41, 5.74) is 1.82. The molecule has 0 spiro atoms. The van der Waals surface area contributed by atoms with Gasteiger partial charge in [0, 0.05) is 10.6 Å². The van der Waals surface area contributed by atoms with Gasteiger partial charge in [-0.3, -0.25) is 9.59 Å². The first-order valence-corrected chi connectivity index (χ1v) is 8.90. The Labute approximate surface area is 159 Å². The van der Waals surface area contributed by atoms with Crippen LogP contribution in [-0.2, 0) is 9.59 Å². The van der Waals surface area contributed by atoms with Crippen LogP contribution in [0.25, 0.3) is 6.08 Å². The molecule has 2 aromatic carbocycles. The highest BCUT2D eigenvalue weighted by molar-refractivity contribution is 8.18. The number of oxime groups is 1. The topological polar surface area (TPSA) is 76.0 Å². The van der Waals surface area contributed by atoms with Crippen LogP contribution in [0.4, 0.5) is 0 Å². The molecule has 0 bridgehead atoms. The highest BCUT2D eigenvalue weighted by Crippen LogP contribution is 2.30. The van der Waals surface area contributed by atoms with E-state index >= 15 is 0 Å². The summed E-state index contributed by atoms with van der Waals surface area (Å²) in [5, 5.41) is 12.9. The van der Waals surface area contributed by atoms with Gasteiger partial charge >= 0.3 is 0 Å². The van der Waals surface area contributed by atoms with Crippen molar-refractivity contribution in [2.45, 2.75) is 6.42 Å². The van der Waals surface area contributed by atoms with Crippen LogP contribution in [0.3, 0.4) is 0 Å². The number of ether oxygens (including phenoxy) is 1. The van der Waals surface area contributed by atoms with Gasteiger partial charge in [-0.1, -0.05) is 41.0 Å². The largest absolute Gasteiger partial charge is 0.487 e. The predicted molar refractivity (Wildman–Crippen MR) is 102 cm³/mol. The Morgan fingerprint density at radius 1 is 1.23 bits per heavy atom. The van der Waals surface area contributed by atoms with Gasteiger partial charge in [-0.2, -0.15) is 0 Å². The lowest BCUT2D eigenvalue weighted by Gasteiger charge is -2.08. The lowest BCUT2D eigenvalue weighted by Crippen LogP contribution is -2.13. The minimum Gasteiger partial charge on any atom is -0.487 e. The van der Waals surface area contributed by atoms with Gasteiger partial charge in [0.2, 0.25) is 5.12 Å². The smallest absolute Gasteiger partial charge is 0.201 e. The molecular formula is C19H14ClNO4S. The number of hydrogen-bond acceptors (Lipinski definition) is 6. The van der Waals surface area contributed by atoms with Gasteiger partial charge in [-0.15, -0.1) is 0 Å². The fourth-order valence-electron chi connectivity index (χ4n) is 2.35. The molecule has 1 heterocycles. The van der Waals surface area contributed by atoms with Crippen LogP contribution in [0, 0.1) is 0 Å². The maximum Gasteiger partial charge on any atom is 0.201 e. The zero-order chi connectivity index (χ0) is 18.5. The third kappa shape index (κ3) is 4.53. The second kappa shape index (κ2) is 8.21. The summed E-state index contributed by atoms with van der Waals surface area (Å²) in [6, 6.07) is 14.0. The Morgan fingerprint density at radius 3 is 2.62 bits per heavy atom. The van der Waals surface area contributed by atoms with E-state index in [1.165, 1.54) is 0 Å². The van der Waals surface area contributed by atoms with Gasteiger partial charge in [-0.25, -0.2) is 0 Å². The summed E-state index contributed by atoms with van der Waals surface area (Å²) in [6.45, 7) is 0.0696. The van der Waals surface area contributed by atoms with E-state index in [9.17, 15) is 14.8 Å². The molecule has 0 saturated carbocycles. The average Bonchev–Trinajstić information content (AvgIpc) is 2.94. The molecule has 1 N–H and O–H groups in total. The fraction of sp³-hybridized carbons (Fsp3) is 0.105. The maximum atomic E-state index is 11.6. The second-order valence-electron chi connectivity index (χ2n) is 5.50. The summed E-state index contributed by atoms with van der Waals surface area (Å²) in [4.78, 5) is 23.4. The summed E-state index contributed by atoms with van der Waals surface area (Å²) in [5.74, 6) is 0.433. The number of benzene rings is 2. The van der Waals surface area contributed by atoms with Crippen molar-refractivity contribution in [1.29, 1.82) is 0 Å². The third-order valence-electron chi connectivity index (χ3n) is 3.64. The molecule has 7 heteroatoms. The summed E-state index contributed by atoms with van der Waals surface area (Å²) >= 11 is 6.92. The van der Waals surface area contributed by atoms with Gasteiger partial charge in [0.15, 0.2) is 5.78 Å². The highest BCUT2D eigenvalue weighted by Gasteiger charge is 2.25. The van der Waals surface area contributed by atoms with E-state index in [2.05, 4.69) is 5.16 Å². The van der Waals surface area contributed by atoms with Crippen molar-refractivity contribution in [3.8, 4) is 5.75 Å². The summed E-state index contributed by atoms with van der Waals surface area (Å²) in [6.07, 6.45) is 1.65. The van der Waals surface area contributed by atoms with Crippen molar-refractivity contribution < 1.29 is 19.5 Å². The molecule has 0 aliphatic carbocycles. The first-order valence-electron chi connectivity index (χ1n) is 7.70. The Hall–Kier alpha value is -2.57. The summed E-state index contributed by atoms with van der Waals surface area (Å²) < 4.78 is 5.64. The van der Waals surface area contributed by atoms with Gasteiger partial charge in [0.05, 0.1) is 11.3 Å². The number of hydrogen-bond donors (Lipinski definition) is 1. The van der Waals surface area contributed by atoms with Gasteiger partial charge in [0.1, 0.15) is 18.1 Å². The van der Waals surface area contributed by atoms with Crippen molar-refractivity contribution in [3.05, 3.63) is 69.6 Å². The molecule has 3 rings (SSSR count). The van der Waals surface area contributed by atoms with E-state index in [-0.39, 0.29) is 23.9 Å². The molecule has 26 heavy (non-hydrogen) atoms. The molecule has 1 aliphatic rings. The lowest BCUT2D eigenvalue weighted by atomic mass is 10.1. The number of rotatable bonds is 5. The molecule has 2 aromatic rings. The molecule has 132 valence electrons. The first-order chi connectivity index (χ1) is 12.5. The average molecular weight is 388 g/mol. The van der Waals surface area contributed by atoms with Crippen LogP contribution in [0.15, 0.2) is 58.6 Å². The maximum absolute atomic E-state index is 11.6. The number of ketones is 1. The van der Waals surface area contributed by atoms with E-state index in [1.54, 1.807) is 54.6 Å². The number of thioether (sulfide) groups is 1. The monoisotopic (exact) mass is 387 g/mol. The van der Waals surface area contributed by atoms with Crippen LogP contribution in [0.2, 0.25) is 5.02 Å². The summed E-state index contributed by atoms with van der Waals surface area (Å²) in [7, 11) is 0. The quantitative estimate of drug-likeness (QED) is 0.274. The van der Waals surface area contributed by atoms with Crippen molar-refractivity contribution in [2.24, 2.45) is 5.16 Å². The number of allylic oxidation sites excluding steroid dienone is 1. The fourth-order valence-corrected chi connectivity index (χ4v) is 3.36. The first kappa shape index (κ1) is 18.2. The Morgan fingerprint density at radius 2 is 2.00 bits per heavy atom. The molecule has 1 aliphatic heterocycles. The van der Waals surface area contributed by atoms with Crippen molar-refractivity contribution >= 4 is 46.0 Å². The van der Waals surface area contributed by atoms with Gasteiger partial charge < -0.3 is 9.94 Å². The zero-order valence-electron chi connectivity index (χ0n) is 13.5. The SMILES string of the molecule is O=C1CC(=O)/C(=C/c2ccc(OCC(=NO)c3cccc(Cl)c3)cc2)S1.